The molecule has 0 fully saturated rings. The molecule has 0 unspecified atom stereocenters. The highest BCUT2D eigenvalue weighted by Crippen LogP contribution is 2.23. The minimum atomic E-state index is -1.54. The van der Waals surface area contributed by atoms with Gasteiger partial charge in [0.15, 0.2) is 17.5 Å². The van der Waals surface area contributed by atoms with Gasteiger partial charge in [0.2, 0.25) is 0 Å². The SMILES string of the molecule is C=C(F)/C(F)=C(NC)\C(F)=C(/C)F. The summed E-state index contributed by atoms with van der Waals surface area (Å²) in [4.78, 5) is 0. The van der Waals surface area contributed by atoms with Crippen LogP contribution < -0.4 is 5.32 Å². The highest BCUT2D eigenvalue weighted by atomic mass is 19.2. The van der Waals surface area contributed by atoms with E-state index in [1.54, 1.807) is 0 Å². The lowest BCUT2D eigenvalue weighted by Gasteiger charge is -2.05. The fourth-order valence-corrected chi connectivity index (χ4v) is 0.624. The number of likely N-dealkylation sites (N-methyl/N-ethyl adjacent to an activating group) is 1. The molecule has 0 aromatic heterocycles. The molecule has 0 aromatic rings. The van der Waals surface area contributed by atoms with E-state index in [4.69, 9.17) is 0 Å². The predicted molar refractivity (Wildman–Crippen MR) is 42.4 cm³/mol. The molecule has 0 spiro atoms. The number of hydrogen-bond acceptors (Lipinski definition) is 1. The predicted octanol–water partition coefficient (Wildman–Crippen LogP) is 3.04. The molecule has 0 aliphatic carbocycles. The molecule has 0 amide bonds. The first-order valence-corrected chi connectivity index (χ1v) is 3.36. The first-order chi connectivity index (χ1) is 5.91. The van der Waals surface area contributed by atoms with E-state index in [1.165, 1.54) is 0 Å². The smallest absolute Gasteiger partial charge is 0.184 e. The zero-order valence-corrected chi connectivity index (χ0v) is 7.22. The van der Waals surface area contributed by atoms with Crippen LogP contribution in [0.1, 0.15) is 6.92 Å². The third-order valence-electron chi connectivity index (χ3n) is 1.23. The van der Waals surface area contributed by atoms with E-state index in [0.29, 0.717) is 0 Å². The van der Waals surface area contributed by atoms with Crippen molar-refractivity contribution in [2.24, 2.45) is 0 Å². The molecule has 0 rings (SSSR count). The molecule has 0 aliphatic rings. The van der Waals surface area contributed by atoms with Crippen molar-refractivity contribution in [1.82, 2.24) is 5.32 Å². The van der Waals surface area contributed by atoms with Gasteiger partial charge in [-0.05, 0) is 6.92 Å². The van der Waals surface area contributed by atoms with Crippen molar-refractivity contribution < 1.29 is 17.6 Å². The number of nitrogens with one attached hydrogen (secondary N) is 1. The molecule has 0 saturated carbocycles. The van der Waals surface area contributed by atoms with E-state index in [-0.39, 0.29) is 0 Å². The van der Waals surface area contributed by atoms with Gasteiger partial charge in [-0.3, -0.25) is 0 Å². The van der Waals surface area contributed by atoms with Gasteiger partial charge in [0.1, 0.15) is 11.5 Å². The Labute approximate surface area is 73.4 Å². The Morgan fingerprint density at radius 1 is 1.08 bits per heavy atom. The third kappa shape index (κ3) is 2.93. The summed E-state index contributed by atoms with van der Waals surface area (Å²) in [5.74, 6) is -5.71. The maximum atomic E-state index is 12.7. The lowest BCUT2D eigenvalue weighted by atomic mass is 10.3. The average Bonchev–Trinajstić information content (AvgIpc) is 2.04. The monoisotopic (exact) mass is 195 g/mol. The van der Waals surface area contributed by atoms with Gasteiger partial charge >= 0.3 is 0 Å². The Morgan fingerprint density at radius 3 is 1.77 bits per heavy atom. The molecule has 13 heavy (non-hydrogen) atoms. The van der Waals surface area contributed by atoms with E-state index in [1.807, 2.05) is 5.32 Å². The highest BCUT2D eigenvalue weighted by molar-refractivity contribution is 5.34. The van der Waals surface area contributed by atoms with Crippen molar-refractivity contribution in [1.29, 1.82) is 0 Å². The van der Waals surface area contributed by atoms with Crippen molar-refractivity contribution in [3.8, 4) is 0 Å². The number of halogens is 4. The highest BCUT2D eigenvalue weighted by Gasteiger charge is 2.15. The van der Waals surface area contributed by atoms with Crippen molar-refractivity contribution >= 4 is 0 Å². The van der Waals surface area contributed by atoms with Gasteiger partial charge in [0.05, 0.1) is 0 Å². The quantitative estimate of drug-likeness (QED) is 0.539. The molecule has 74 valence electrons. The standard InChI is InChI=1S/C8H9F4N/c1-4(9)6(11)8(13-3)7(12)5(2)10/h13H,1H2,2-3H3/b7-5-,8-6-. The van der Waals surface area contributed by atoms with E-state index in [2.05, 4.69) is 6.58 Å². The zero-order valence-electron chi connectivity index (χ0n) is 7.22. The van der Waals surface area contributed by atoms with Crippen LogP contribution in [-0.4, -0.2) is 7.05 Å². The maximum absolute atomic E-state index is 12.7. The maximum Gasteiger partial charge on any atom is 0.184 e. The van der Waals surface area contributed by atoms with Crippen molar-refractivity contribution in [2.75, 3.05) is 7.05 Å². The molecule has 0 aromatic carbocycles. The molecular formula is C8H9F4N. The first-order valence-electron chi connectivity index (χ1n) is 3.36. The lowest BCUT2D eigenvalue weighted by molar-refractivity contribution is 0.501. The lowest BCUT2D eigenvalue weighted by Crippen LogP contribution is -2.09. The van der Waals surface area contributed by atoms with Crippen molar-refractivity contribution in [2.45, 2.75) is 6.92 Å². The minimum absolute atomic E-state index is 0.793. The summed E-state index contributed by atoms with van der Waals surface area (Å²) in [6.07, 6.45) is 0. The summed E-state index contributed by atoms with van der Waals surface area (Å²) >= 11 is 0. The summed E-state index contributed by atoms with van der Waals surface area (Å²) < 4.78 is 49.9. The Balaban J connectivity index is 5.25. The largest absolute Gasteiger partial charge is 0.383 e. The Morgan fingerprint density at radius 2 is 1.54 bits per heavy atom. The van der Waals surface area contributed by atoms with Gasteiger partial charge < -0.3 is 5.32 Å². The first kappa shape index (κ1) is 11.7. The topological polar surface area (TPSA) is 12.0 Å². The van der Waals surface area contributed by atoms with Crippen LogP contribution in [0.25, 0.3) is 0 Å². The normalized spacial score (nSPS) is 14.6. The summed E-state index contributed by atoms with van der Waals surface area (Å²) in [5.41, 5.74) is -0.882. The molecule has 1 N–H and O–H groups in total. The number of allylic oxidation sites excluding steroid dienone is 4. The van der Waals surface area contributed by atoms with Gasteiger partial charge in [-0.15, -0.1) is 0 Å². The van der Waals surface area contributed by atoms with E-state index >= 15 is 0 Å². The molecule has 0 radical (unpaired) electrons. The van der Waals surface area contributed by atoms with Crippen molar-refractivity contribution in [3.63, 3.8) is 0 Å². The van der Waals surface area contributed by atoms with Crippen LogP contribution in [0, 0.1) is 0 Å². The second-order valence-electron chi connectivity index (χ2n) is 2.19. The third-order valence-corrected chi connectivity index (χ3v) is 1.23. The Hall–Kier alpha value is -1.26. The van der Waals surface area contributed by atoms with Gasteiger partial charge in [-0.1, -0.05) is 6.58 Å². The number of hydrogen-bond donors (Lipinski definition) is 1. The van der Waals surface area contributed by atoms with Crippen molar-refractivity contribution in [3.05, 3.63) is 35.6 Å². The summed E-state index contributed by atoms with van der Waals surface area (Å²) in [6.45, 7) is 3.41. The molecule has 0 atom stereocenters. The van der Waals surface area contributed by atoms with Crippen LogP contribution in [0.15, 0.2) is 35.6 Å². The second-order valence-corrected chi connectivity index (χ2v) is 2.19. The van der Waals surface area contributed by atoms with Crippen LogP contribution in [-0.2, 0) is 0 Å². The van der Waals surface area contributed by atoms with Gasteiger partial charge in [0.25, 0.3) is 0 Å². The molecule has 0 heterocycles. The van der Waals surface area contributed by atoms with Gasteiger partial charge in [-0.25, -0.2) is 17.6 Å². The Kier molecular flexibility index (Phi) is 4.23. The van der Waals surface area contributed by atoms with Crippen LogP contribution >= 0.6 is 0 Å². The summed E-state index contributed by atoms with van der Waals surface area (Å²) in [7, 11) is 1.14. The minimum Gasteiger partial charge on any atom is -0.383 e. The molecular weight excluding hydrogens is 186 g/mol. The molecule has 5 heteroatoms. The van der Waals surface area contributed by atoms with E-state index in [0.717, 1.165) is 14.0 Å². The van der Waals surface area contributed by atoms with E-state index < -0.39 is 29.0 Å². The van der Waals surface area contributed by atoms with Gasteiger partial charge in [-0.2, -0.15) is 0 Å². The Bertz CT molecular complexity index is 274. The van der Waals surface area contributed by atoms with Crippen LogP contribution in [0.4, 0.5) is 17.6 Å². The average molecular weight is 195 g/mol. The summed E-state index contributed by atoms with van der Waals surface area (Å²) in [6, 6.07) is 0. The van der Waals surface area contributed by atoms with E-state index in [9.17, 15) is 17.6 Å². The summed E-state index contributed by atoms with van der Waals surface area (Å²) in [5, 5.41) is 2.00. The zero-order chi connectivity index (χ0) is 10.6. The molecule has 0 aliphatic heterocycles. The second kappa shape index (κ2) is 4.69. The molecule has 1 nitrogen and oxygen atoms in total. The number of rotatable bonds is 3. The fourth-order valence-electron chi connectivity index (χ4n) is 0.624. The molecule has 0 saturated heterocycles. The molecule has 0 bridgehead atoms. The van der Waals surface area contributed by atoms with Gasteiger partial charge in [0, 0.05) is 7.05 Å². The van der Waals surface area contributed by atoms with Crippen LogP contribution in [0.5, 0.6) is 0 Å². The van der Waals surface area contributed by atoms with Crippen LogP contribution in [0.3, 0.4) is 0 Å². The fraction of sp³-hybridized carbons (Fsp3) is 0.250. The van der Waals surface area contributed by atoms with Crippen LogP contribution in [0.2, 0.25) is 0 Å².